The summed E-state index contributed by atoms with van der Waals surface area (Å²) >= 11 is 13.2. The summed E-state index contributed by atoms with van der Waals surface area (Å²) in [6.07, 6.45) is 2.92. The first-order valence-corrected chi connectivity index (χ1v) is 9.83. The fourth-order valence-electron chi connectivity index (χ4n) is 2.39. The second-order valence-electron chi connectivity index (χ2n) is 5.69. The van der Waals surface area contributed by atoms with Crippen molar-refractivity contribution in [1.82, 2.24) is 4.98 Å². The van der Waals surface area contributed by atoms with E-state index >= 15 is 0 Å². The van der Waals surface area contributed by atoms with Gasteiger partial charge in [0.05, 0.1) is 22.1 Å². The second kappa shape index (κ2) is 9.01. The van der Waals surface area contributed by atoms with Crippen LogP contribution in [0, 0.1) is 0 Å². The van der Waals surface area contributed by atoms with E-state index in [1.807, 2.05) is 30.3 Å². The van der Waals surface area contributed by atoms with E-state index in [9.17, 15) is 9.59 Å². The van der Waals surface area contributed by atoms with Gasteiger partial charge in [0.25, 0.3) is 0 Å². The van der Waals surface area contributed by atoms with Gasteiger partial charge < -0.3 is 5.32 Å². The summed E-state index contributed by atoms with van der Waals surface area (Å²) in [5.74, 6) is -0.503. The molecular formula is C20H15Cl2N3O2S. The zero-order valence-electron chi connectivity index (χ0n) is 14.7. The topological polar surface area (TPSA) is 62.3 Å². The molecule has 1 heterocycles. The van der Waals surface area contributed by atoms with E-state index in [0.29, 0.717) is 26.6 Å². The van der Waals surface area contributed by atoms with Crippen molar-refractivity contribution < 1.29 is 9.59 Å². The molecule has 0 bridgehead atoms. The molecule has 8 heteroatoms. The Morgan fingerprint density at radius 1 is 1.14 bits per heavy atom. The van der Waals surface area contributed by atoms with Crippen molar-refractivity contribution >= 4 is 68.9 Å². The molecule has 0 aliphatic heterocycles. The molecule has 0 unspecified atom stereocenters. The number of halogens is 2. The number of para-hydroxylation sites is 1. The molecule has 0 aliphatic carbocycles. The smallest absolute Gasteiger partial charge is 0.248 e. The summed E-state index contributed by atoms with van der Waals surface area (Å²) in [5.41, 5.74) is 1.76. The molecule has 2 amide bonds. The summed E-state index contributed by atoms with van der Waals surface area (Å²) < 4.78 is 0. The molecule has 0 saturated heterocycles. The lowest BCUT2D eigenvalue weighted by molar-refractivity contribution is -0.116. The van der Waals surface area contributed by atoms with Crippen LogP contribution in [0.5, 0.6) is 0 Å². The van der Waals surface area contributed by atoms with Gasteiger partial charge in [0.2, 0.25) is 11.8 Å². The zero-order chi connectivity index (χ0) is 20.1. The van der Waals surface area contributed by atoms with E-state index in [2.05, 4.69) is 10.3 Å². The van der Waals surface area contributed by atoms with E-state index in [-0.39, 0.29) is 11.8 Å². The minimum atomic E-state index is -0.356. The SMILES string of the molecule is CC(=O)N(c1ccccc1)c1nc(C=CC(=O)Nc2ccc(Cl)cc2Cl)cs1. The van der Waals surface area contributed by atoms with Crippen molar-refractivity contribution in [2.45, 2.75) is 6.92 Å². The lowest BCUT2D eigenvalue weighted by atomic mass is 10.3. The molecule has 3 aromatic rings. The van der Waals surface area contributed by atoms with Crippen LogP contribution >= 0.6 is 34.5 Å². The molecule has 2 aromatic carbocycles. The van der Waals surface area contributed by atoms with Crippen LogP contribution in [0.2, 0.25) is 10.0 Å². The number of aromatic nitrogens is 1. The molecule has 1 aromatic heterocycles. The minimum absolute atomic E-state index is 0.147. The van der Waals surface area contributed by atoms with E-state index in [0.717, 1.165) is 5.69 Å². The van der Waals surface area contributed by atoms with Crippen LogP contribution in [-0.2, 0) is 9.59 Å². The van der Waals surface area contributed by atoms with Gasteiger partial charge in [0, 0.05) is 23.4 Å². The van der Waals surface area contributed by atoms with Crippen LogP contribution in [0.15, 0.2) is 60.0 Å². The molecule has 0 aliphatic rings. The summed E-state index contributed by atoms with van der Waals surface area (Å²) in [6.45, 7) is 1.48. The number of carbonyl (C=O) groups is 2. The monoisotopic (exact) mass is 431 g/mol. The van der Waals surface area contributed by atoms with Gasteiger partial charge in [-0.15, -0.1) is 11.3 Å². The van der Waals surface area contributed by atoms with Crippen molar-refractivity contribution in [3.8, 4) is 0 Å². The van der Waals surface area contributed by atoms with Gasteiger partial charge in [0.15, 0.2) is 5.13 Å². The summed E-state index contributed by atoms with van der Waals surface area (Å²) in [5, 5.41) is 5.81. The molecule has 5 nitrogen and oxygen atoms in total. The summed E-state index contributed by atoms with van der Waals surface area (Å²) in [7, 11) is 0. The first-order chi connectivity index (χ1) is 13.4. The Morgan fingerprint density at radius 3 is 2.57 bits per heavy atom. The lowest BCUT2D eigenvalue weighted by Gasteiger charge is -2.17. The molecule has 3 rings (SSSR count). The van der Waals surface area contributed by atoms with Crippen LogP contribution in [0.1, 0.15) is 12.6 Å². The Labute approximate surface area is 176 Å². The zero-order valence-corrected chi connectivity index (χ0v) is 17.1. The predicted octanol–water partition coefficient (Wildman–Crippen LogP) is 5.79. The van der Waals surface area contributed by atoms with Gasteiger partial charge in [-0.05, 0) is 36.4 Å². The first-order valence-electron chi connectivity index (χ1n) is 8.19. The standard InChI is InChI=1S/C20H15Cl2N3O2S/c1-13(26)25(16-5-3-2-4-6-16)20-23-15(12-28-20)8-10-19(27)24-18-9-7-14(21)11-17(18)22/h2-12H,1H3,(H,24,27). The van der Waals surface area contributed by atoms with E-state index in [1.165, 1.54) is 29.2 Å². The minimum Gasteiger partial charge on any atom is -0.321 e. The predicted molar refractivity (Wildman–Crippen MR) is 116 cm³/mol. The number of nitrogens with zero attached hydrogens (tertiary/aromatic N) is 2. The fraction of sp³-hybridized carbons (Fsp3) is 0.0500. The van der Waals surface area contributed by atoms with Crippen LogP contribution in [-0.4, -0.2) is 16.8 Å². The molecule has 28 heavy (non-hydrogen) atoms. The van der Waals surface area contributed by atoms with E-state index < -0.39 is 0 Å². The van der Waals surface area contributed by atoms with Crippen LogP contribution in [0.4, 0.5) is 16.5 Å². The van der Waals surface area contributed by atoms with Gasteiger partial charge in [-0.25, -0.2) is 4.98 Å². The van der Waals surface area contributed by atoms with Crippen LogP contribution in [0.25, 0.3) is 6.08 Å². The average molecular weight is 432 g/mol. The largest absolute Gasteiger partial charge is 0.321 e. The molecular weight excluding hydrogens is 417 g/mol. The van der Waals surface area contributed by atoms with Crippen molar-refractivity contribution in [2.75, 3.05) is 10.2 Å². The third-order valence-electron chi connectivity index (χ3n) is 3.62. The highest BCUT2D eigenvalue weighted by Crippen LogP contribution is 2.29. The summed E-state index contributed by atoms with van der Waals surface area (Å²) in [4.78, 5) is 30.1. The van der Waals surface area contributed by atoms with Gasteiger partial charge in [-0.2, -0.15) is 0 Å². The highest BCUT2D eigenvalue weighted by molar-refractivity contribution is 7.14. The maximum Gasteiger partial charge on any atom is 0.248 e. The Balaban J connectivity index is 1.72. The Bertz CT molecular complexity index is 1030. The molecule has 1 N–H and O–H groups in total. The number of benzene rings is 2. The highest BCUT2D eigenvalue weighted by Gasteiger charge is 2.17. The quantitative estimate of drug-likeness (QED) is 0.520. The van der Waals surface area contributed by atoms with Gasteiger partial charge in [0.1, 0.15) is 0 Å². The molecule has 0 saturated carbocycles. The molecule has 0 fully saturated rings. The number of anilines is 3. The maximum atomic E-state index is 12.1. The Hall–Kier alpha value is -2.67. The Kier molecular flexibility index (Phi) is 6.46. The normalized spacial score (nSPS) is 10.8. The number of hydrogen-bond acceptors (Lipinski definition) is 4. The number of rotatable bonds is 5. The number of nitrogens with one attached hydrogen (secondary N) is 1. The number of carbonyl (C=O) groups excluding carboxylic acids is 2. The van der Waals surface area contributed by atoms with Crippen molar-refractivity contribution in [2.24, 2.45) is 0 Å². The maximum absolute atomic E-state index is 12.1. The van der Waals surface area contributed by atoms with Crippen molar-refractivity contribution in [1.29, 1.82) is 0 Å². The molecule has 142 valence electrons. The van der Waals surface area contributed by atoms with Gasteiger partial charge >= 0.3 is 0 Å². The number of thiazole rings is 1. The van der Waals surface area contributed by atoms with Crippen molar-refractivity contribution in [3.63, 3.8) is 0 Å². The highest BCUT2D eigenvalue weighted by atomic mass is 35.5. The first kappa shape index (κ1) is 20.1. The number of hydrogen-bond donors (Lipinski definition) is 1. The van der Waals surface area contributed by atoms with Crippen molar-refractivity contribution in [3.05, 3.63) is 75.7 Å². The van der Waals surface area contributed by atoms with Crippen LogP contribution in [0.3, 0.4) is 0 Å². The lowest BCUT2D eigenvalue weighted by Crippen LogP contribution is -2.22. The third-order valence-corrected chi connectivity index (χ3v) is 5.02. The second-order valence-corrected chi connectivity index (χ2v) is 7.37. The third kappa shape index (κ3) is 4.98. The number of amides is 2. The molecule has 0 radical (unpaired) electrons. The fourth-order valence-corrected chi connectivity index (χ4v) is 3.70. The van der Waals surface area contributed by atoms with Gasteiger partial charge in [-0.3, -0.25) is 14.5 Å². The average Bonchev–Trinajstić information content (AvgIpc) is 3.11. The van der Waals surface area contributed by atoms with E-state index in [1.54, 1.807) is 29.7 Å². The van der Waals surface area contributed by atoms with Crippen LogP contribution < -0.4 is 10.2 Å². The Morgan fingerprint density at radius 2 is 1.89 bits per heavy atom. The van der Waals surface area contributed by atoms with Gasteiger partial charge in [-0.1, -0.05) is 41.4 Å². The summed E-state index contributed by atoms with van der Waals surface area (Å²) in [6, 6.07) is 14.1. The molecule has 0 spiro atoms. The van der Waals surface area contributed by atoms with E-state index in [4.69, 9.17) is 23.2 Å². The molecule has 0 atom stereocenters.